The summed E-state index contributed by atoms with van der Waals surface area (Å²) in [6.45, 7) is 2.72. The molecule has 1 saturated carbocycles. The molecule has 1 aromatic heterocycles. The molecule has 4 nitrogen and oxygen atoms in total. The van der Waals surface area contributed by atoms with Gasteiger partial charge in [0.15, 0.2) is 5.82 Å². The Labute approximate surface area is 103 Å². The van der Waals surface area contributed by atoms with Crippen molar-refractivity contribution in [2.75, 3.05) is 12.3 Å². The van der Waals surface area contributed by atoms with Gasteiger partial charge in [0.05, 0.1) is 18.1 Å². The van der Waals surface area contributed by atoms with Crippen LogP contribution in [0.5, 0.6) is 0 Å². The Morgan fingerprint density at radius 1 is 1.29 bits per heavy atom. The lowest BCUT2D eigenvalue weighted by molar-refractivity contribution is -0.000171. The second-order valence-electron chi connectivity index (χ2n) is 4.65. The zero-order valence-corrected chi connectivity index (χ0v) is 10.4. The summed E-state index contributed by atoms with van der Waals surface area (Å²) in [5.74, 6) is 1.35. The van der Waals surface area contributed by atoms with Crippen molar-refractivity contribution in [3.05, 3.63) is 18.2 Å². The van der Waals surface area contributed by atoms with Crippen molar-refractivity contribution in [2.24, 2.45) is 5.92 Å². The van der Waals surface area contributed by atoms with Crippen LogP contribution >= 0.6 is 0 Å². The van der Waals surface area contributed by atoms with Gasteiger partial charge in [0.2, 0.25) is 0 Å². The van der Waals surface area contributed by atoms with Crippen molar-refractivity contribution in [2.45, 2.75) is 45.1 Å². The molecule has 1 atom stereocenters. The Balaban J connectivity index is 2.12. The maximum Gasteiger partial charge on any atom is 0.157 e. The van der Waals surface area contributed by atoms with Crippen molar-refractivity contribution in [1.29, 1.82) is 0 Å². The van der Waals surface area contributed by atoms with E-state index in [-0.39, 0.29) is 6.10 Å². The fraction of sp³-hybridized carbons (Fsp3) is 0.692. The van der Waals surface area contributed by atoms with Gasteiger partial charge >= 0.3 is 0 Å². The van der Waals surface area contributed by atoms with Crippen molar-refractivity contribution >= 4 is 5.69 Å². The molecule has 0 spiro atoms. The van der Waals surface area contributed by atoms with E-state index in [0.717, 1.165) is 5.82 Å². The molecule has 4 heteroatoms. The highest BCUT2D eigenvalue weighted by Crippen LogP contribution is 2.35. The van der Waals surface area contributed by atoms with E-state index in [1.165, 1.54) is 32.1 Å². The number of hydrogen-bond donors (Lipinski definition) is 1. The maximum absolute atomic E-state index is 5.84. The number of ether oxygens (including phenoxy) is 1. The number of rotatable bonds is 4. The van der Waals surface area contributed by atoms with Crippen LogP contribution in [0.3, 0.4) is 0 Å². The topological polar surface area (TPSA) is 61.0 Å². The average molecular weight is 235 g/mol. The van der Waals surface area contributed by atoms with Crippen LogP contribution in [0.25, 0.3) is 0 Å². The molecule has 0 amide bonds. The summed E-state index contributed by atoms with van der Waals surface area (Å²) in [5.41, 5.74) is 6.22. The first-order chi connectivity index (χ1) is 8.31. The van der Waals surface area contributed by atoms with Gasteiger partial charge in [-0.1, -0.05) is 19.3 Å². The molecule has 1 aliphatic rings. The average Bonchev–Trinajstić information content (AvgIpc) is 2.38. The maximum atomic E-state index is 5.84. The lowest BCUT2D eigenvalue weighted by atomic mass is 9.85. The fourth-order valence-electron chi connectivity index (χ4n) is 2.53. The van der Waals surface area contributed by atoms with Crippen molar-refractivity contribution < 1.29 is 4.74 Å². The molecule has 17 heavy (non-hydrogen) atoms. The van der Waals surface area contributed by atoms with Gasteiger partial charge in [-0.15, -0.1) is 0 Å². The molecule has 1 aliphatic carbocycles. The highest BCUT2D eigenvalue weighted by atomic mass is 16.5. The van der Waals surface area contributed by atoms with Crippen LogP contribution in [0.15, 0.2) is 12.4 Å². The summed E-state index contributed by atoms with van der Waals surface area (Å²) in [4.78, 5) is 8.62. The normalized spacial score (nSPS) is 19.1. The van der Waals surface area contributed by atoms with E-state index in [0.29, 0.717) is 18.2 Å². The van der Waals surface area contributed by atoms with E-state index in [1.54, 1.807) is 12.4 Å². The number of nitrogens with zero attached hydrogens (tertiary/aromatic N) is 2. The fourth-order valence-corrected chi connectivity index (χ4v) is 2.53. The summed E-state index contributed by atoms with van der Waals surface area (Å²) >= 11 is 0. The summed E-state index contributed by atoms with van der Waals surface area (Å²) in [5, 5.41) is 0. The lowest BCUT2D eigenvalue weighted by Crippen LogP contribution is -2.21. The Bertz CT molecular complexity index is 333. The Kier molecular flexibility index (Phi) is 4.31. The number of anilines is 1. The smallest absolute Gasteiger partial charge is 0.157 e. The van der Waals surface area contributed by atoms with Crippen LogP contribution in [0.1, 0.15) is 51.0 Å². The minimum absolute atomic E-state index is 0.0425. The SMILES string of the molecule is CCOC(c1ncc(N)cn1)C1CCCCC1. The van der Waals surface area contributed by atoms with E-state index in [2.05, 4.69) is 9.97 Å². The van der Waals surface area contributed by atoms with Gasteiger partial charge in [-0.2, -0.15) is 0 Å². The summed E-state index contributed by atoms with van der Waals surface area (Å²) < 4.78 is 5.84. The molecule has 94 valence electrons. The molecule has 2 N–H and O–H groups in total. The molecular formula is C13H21N3O. The monoisotopic (exact) mass is 235 g/mol. The third kappa shape index (κ3) is 3.16. The van der Waals surface area contributed by atoms with Gasteiger partial charge in [0.1, 0.15) is 6.10 Å². The molecule has 0 saturated heterocycles. The molecule has 1 unspecified atom stereocenters. The molecule has 2 rings (SSSR count). The van der Waals surface area contributed by atoms with Crippen LogP contribution in [-0.2, 0) is 4.74 Å². The Hall–Kier alpha value is -1.16. The van der Waals surface area contributed by atoms with Crippen LogP contribution in [-0.4, -0.2) is 16.6 Å². The molecule has 0 radical (unpaired) electrons. The summed E-state index contributed by atoms with van der Waals surface area (Å²) in [6, 6.07) is 0. The Morgan fingerprint density at radius 3 is 2.53 bits per heavy atom. The summed E-state index contributed by atoms with van der Waals surface area (Å²) in [6.07, 6.45) is 9.75. The molecule has 0 bridgehead atoms. The largest absolute Gasteiger partial charge is 0.396 e. The molecule has 1 aromatic rings. The predicted octanol–water partition coefficient (Wildman–Crippen LogP) is 2.72. The van der Waals surface area contributed by atoms with Gasteiger partial charge in [0, 0.05) is 6.61 Å². The van der Waals surface area contributed by atoms with Crippen LogP contribution in [0.2, 0.25) is 0 Å². The lowest BCUT2D eigenvalue weighted by Gasteiger charge is -2.28. The van der Waals surface area contributed by atoms with Gasteiger partial charge < -0.3 is 10.5 Å². The van der Waals surface area contributed by atoms with E-state index in [1.807, 2.05) is 6.92 Å². The zero-order valence-electron chi connectivity index (χ0n) is 10.4. The van der Waals surface area contributed by atoms with Crippen LogP contribution in [0, 0.1) is 5.92 Å². The van der Waals surface area contributed by atoms with E-state index >= 15 is 0 Å². The second-order valence-corrected chi connectivity index (χ2v) is 4.65. The van der Waals surface area contributed by atoms with E-state index in [9.17, 15) is 0 Å². The summed E-state index contributed by atoms with van der Waals surface area (Å²) in [7, 11) is 0. The van der Waals surface area contributed by atoms with Gasteiger partial charge in [-0.25, -0.2) is 9.97 Å². The van der Waals surface area contributed by atoms with Crippen molar-refractivity contribution in [3.63, 3.8) is 0 Å². The number of nitrogen functional groups attached to an aromatic ring is 1. The van der Waals surface area contributed by atoms with E-state index in [4.69, 9.17) is 10.5 Å². The molecule has 1 heterocycles. The van der Waals surface area contributed by atoms with Crippen molar-refractivity contribution in [1.82, 2.24) is 9.97 Å². The minimum atomic E-state index is 0.0425. The van der Waals surface area contributed by atoms with Gasteiger partial charge in [-0.3, -0.25) is 0 Å². The molecule has 1 fully saturated rings. The van der Waals surface area contributed by atoms with Crippen LogP contribution in [0.4, 0.5) is 5.69 Å². The highest BCUT2D eigenvalue weighted by Gasteiger charge is 2.27. The first-order valence-electron chi connectivity index (χ1n) is 6.50. The molecular weight excluding hydrogens is 214 g/mol. The number of aromatic nitrogens is 2. The Morgan fingerprint density at radius 2 is 1.94 bits per heavy atom. The predicted molar refractivity (Wildman–Crippen MR) is 67.4 cm³/mol. The third-order valence-corrected chi connectivity index (χ3v) is 3.37. The second kappa shape index (κ2) is 5.96. The zero-order chi connectivity index (χ0) is 12.1. The molecule has 0 aliphatic heterocycles. The first-order valence-corrected chi connectivity index (χ1v) is 6.50. The number of nitrogens with two attached hydrogens (primary N) is 1. The first kappa shape index (κ1) is 12.3. The highest BCUT2D eigenvalue weighted by molar-refractivity contribution is 5.30. The quantitative estimate of drug-likeness (QED) is 0.871. The standard InChI is InChI=1S/C13H21N3O/c1-2-17-12(10-6-4-3-5-7-10)13-15-8-11(14)9-16-13/h8-10,12H,2-7,14H2,1H3. The third-order valence-electron chi connectivity index (χ3n) is 3.37. The number of hydrogen-bond acceptors (Lipinski definition) is 4. The minimum Gasteiger partial charge on any atom is -0.396 e. The van der Waals surface area contributed by atoms with Crippen LogP contribution < -0.4 is 5.73 Å². The van der Waals surface area contributed by atoms with Gasteiger partial charge in [0.25, 0.3) is 0 Å². The van der Waals surface area contributed by atoms with Gasteiger partial charge in [-0.05, 0) is 25.7 Å². The van der Waals surface area contributed by atoms with Crippen molar-refractivity contribution in [3.8, 4) is 0 Å². The van der Waals surface area contributed by atoms with E-state index < -0.39 is 0 Å². The molecule has 0 aromatic carbocycles.